The molecule has 28 heavy (non-hydrogen) atoms. The third kappa shape index (κ3) is 3.52. The molecule has 0 bridgehead atoms. The van der Waals surface area contributed by atoms with Gasteiger partial charge in [0.1, 0.15) is 0 Å². The number of amides is 1. The number of hydrogen-bond donors (Lipinski definition) is 0. The van der Waals surface area contributed by atoms with Gasteiger partial charge in [0.05, 0.1) is 35.3 Å². The SMILES string of the molecule is CC(C)N(C)Cc1ncn2c1CN(C(=O)c1cccc3cccnc13)CCC2. The van der Waals surface area contributed by atoms with E-state index in [1.54, 1.807) is 6.20 Å². The van der Waals surface area contributed by atoms with Gasteiger partial charge in [-0.25, -0.2) is 4.98 Å². The van der Waals surface area contributed by atoms with Crippen molar-refractivity contribution in [1.82, 2.24) is 24.3 Å². The van der Waals surface area contributed by atoms with E-state index in [1.807, 2.05) is 41.6 Å². The zero-order valence-electron chi connectivity index (χ0n) is 16.8. The topological polar surface area (TPSA) is 54.3 Å². The zero-order valence-corrected chi connectivity index (χ0v) is 16.8. The average molecular weight is 377 g/mol. The second-order valence-corrected chi connectivity index (χ2v) is 7.80. The first-order chi connectivity index (χ1) is 13.5. The molecule has 1 aliphatic rings. The summed E-state index contributed by atoms with van der Waals surface area (Å²) < 4.78 is 2.21. The molecule has 3 aromatic rings. The lowest BCUT2D eigenvalue weighted by atomic mass is 10.1. The van der Waals surface area contributed by atoms with Crippen LogP contribution < -0.4 is 0 Å². The van der Waals surface area contributed by atoms with E-state index in [1.165, 1.54) is 0 Å². The second-order valence-electron chi connectivity index (χ2n) is 7.80. The van der Waals surface area contributed by atoms with E-state index < -0.39 is 0 Å². The third-order valence-electron chi connectivity index (χ3n) is 5.63. The highest BCUT2D eigenvalue weighted by atomic mass is 16.2. The summed E-state index contributed by atoms with van der Waals surface area (Å²) in [6.07, 6.45) is 4.59. The van der Waals surface area contributed by atoms with E-state index in [-0.39, 0.29) is 5.91 Å². The average Bonchev–Trinajstić information content (AvgIpc) is 2.94. The lowest BCUT2D eigenvalue weighted by molar-refractivity contribution is 0.0746. The maximum absolute atomic E-state index is 13.4. The van der Waals surface area contributed by atoms with E-state index in [0.29, 0.717) is 18.2 Å². The number of benzene rings is 1. The molecule has 6 nitrogen and oxygen atoms in total. The smallest absolute Gasteiger partial charge is 0.256 e. The molecule has 6 heteroatoms. The molecular weight excluding hydrogens is 350 g/mol. The van der Waals surface area contributed by atoms with Gasteiger partial charge in [0.25, 0.3) is 5.91 Å². The van der Waals surface area contributed by atoms with Crippen LogP contribution in [0.5, 0.6) is 0 Å². The predicted molar refractivity (Wildman–Crippen MR) is 110 cm³/mol. The molecule has 1 amide bonds. The van der Waals surface area contributed by atoms with Crippen molar-refractivity contribution in [2.45, 2.75) is 45.9 Å². The van der Waals surface area contributed by atoms with E-state index in [4.69, 9.17) is 0 Å². The van der Waals surface area contributed by atoms with Gasteiger partial charge >= 0.3 is 0 Å². The van der Waals surface area contributed by atoms with Crippen LogP contribution in [0.25, 0.3) is 10.9 Å². The highest BCUT2D eigenvalue weighted by Crippen LogP contribution is 2.22. The summed E-state index contributed by atoms with van der Waals surface area (Å²) in [6, 6.07) is 10.2. The maximum Gasteiger partial charge on any atom is 0.256 e. The number of nitrogens with zero attached hydrogens (tertiary/aromatic N) is 5. The molecule has 0 radical (unpaired) electrons. The van der Waals surface area contributed by atoms with Crippen molar-refractivity contribution in [1.29, 1.82) is 0 Å². The highest BCUT2D eigenvalue weighted by molar-refractivity contribution is 6.05. The quantitative estimate of drug-likeness (QED) is 0.700. The summed E-state index contributed by atoms with van der Waals surface area (Å²) in [5.41, 5.74) is 3.65. The molecule has 0 spiro atoms. The summed E-state index contributed by atoms with van der Waals surface area (Å²) in [5.74, 6) is 0.0436. The first kappa shape index (κ1) is 18.6. The molecule has 146 valence electrons. The summed E-state index contributed by atoms with van der Waals surface area (Å²) >= 11 is 0. The molecule has 2 aromatic heterocycles. The van der Waals surface area contributed by atoms with Gasteiger partial charge in [-0.3, -0.25) is 14.7 Å². The molecule has 0 unspecified atom stereocenters. The van der Waals surface area contributed by atoms with Crippen molar-refractivity contribution in [3.8, 4) is 0 Å². The predicted octanol–water partition coefficient (Wildman–Crippen LogP) is 3.32. The minimum absolute atomic E-state index is 0.0436. The monoisotopic (exact) mass is 377 g/mol. The van der Waals surface area contributed by atoms with Crippen LogP contribution in [-0.2, 0) is 19.6 Å². The molecule has 0 fully saturated rings. The van der Waals surface area contributed by atoms with Gasteiger partial charge in [-0.05, 0) is 39.4 Å². The van der Waals surface area contributed by atoms with Gasteiger partial charge in [0, 0.05) is 37.3 Å². The maximum atomic E-state index is 13.4. The number of para-hydroxylation sites is 1. The Morgan fingerprint density at radius 1 is 1.18 bits per heavy atom. The van der Waals surface area contributed by atoms with Crippen LogP contribution in [0.3, 0.4) is 0 Å². The number of aromatic nitrogens is 3. The number of carbonyl (C=O) groups is 1. The van der Waals surface area contributed by atoms with Crippen molar-refractivity contribution in [2.24, 2.45) is 0 Å². The van der Waals surface area contributed by atoms with Crippen LogP contribution in [0.15, 0.2) is 42.9 Å². The standard InChI is InChI=1S/C22H27N5O/c1-16(2)25(3)13-19-20-14-26(11-6-12-27(20)15-24-19)22(28)18-9-4-7-17-8-5-10-23-21(17)18/h4-5,7-10,15-16H,6,11-14H2,1-3H3. The molecule has 0 N–H and O–H groups in total. The number of rotatable bonds is 4. The number of imidazole rings is 1. The van der Waals surface area contributed by atoms with Crippen LogP contribution in [0.2, 0.25) is 0 Å². The Hall–Kier alpha value is -2.73. The molecule has 1 aliphatic heterocycles. The normalized spacial score (nSPS) is 14.5. The Balaban J connectivity index is 1.64. The zero-order chi connectivity index (χ0) is 19.7. The number of hydrogen-bond acceptors (Lipinski definition) is 4. The molecule has 3 heterocycles. The van der Waals surface area contributed by atoms with Crippen molar-refractivity contribution >= 4 is 16.8 Å². The fraction of sp³-hybridized carbons (Fsp3) is 0.409. The van der Waals surface area contributed by atoms with Crippen molar-refractivity contribution < 1.29 is 4.79 Å². The molecule has 0 saturated heterocycles. The van der Waals surface area contributed by atoms with Crippen LogP contribution in [0, 0.1) is 0 Å². The summed E-state index contributed by atoms with van der Waals surface area (Å²) in [6.45, 7) is 7.37. The Morgan fingerprint density at radius 2 is 2.00 bits per heavy atom. The first-order valence-corrected chi connectivity index (χ1v) is 9.90. The van der Waals surface area contributed by atoms with Gasteiger partial charge in [-0.2, -0.15) is 0 Å². The van der Waals surface area contributed by atoms with Gasteiger partial charge in [-0.15, -0.1) is 0 Å². The van der Waals surface area contributed by atoms with Gasteiger partial charge in [0.2, 0.25) is 0 Å². The van der Waals surface area contributed by atoms with Crippen LogP contribution in [0.4, 0.5) is 0 Å². The minimum Gasteiger partial charge on any atom is -0.333 e. The fourth-order valence-electron chi connectivity index (χ4n) is 3.69. The molecule has 0 aliphatic carbocycles. The molecule has 1 aromatic carbocycles. The van der Waals surface area contributed by atoms with E-state index in [9.17, 15) is 4.79 Å². The number of carbonyl (C=O) groups excluding carboxylic acids is 1. The molecular formula is C22H27N5O. The summed E-state index contributed by atoms with van der Waals surface area (Å²) in [5, 5.41) is 0.993. The molecule has 0 saturated carbocycles. The highest BCUT2D eigenvalue weighted by Gasteiger charge is 2.25. The number of aryl methyl sites for hydroxylation is 1. The number of fused-ring (bicyclic) bond motifs is 2. The van der Waals surface area contributed by atoms with E-state index in [2.05, 4.69) is 40.3 Å². The van der Waals surface area contributed by atoms with Gasteiger partial charge in [-0.1, -0.05) is 18.2 Å². The summed E-state index contributed by atoms with van der Waals surface area (Å²) in [7, 11) is 2.11. The van der Waals surface area contributed by atoms with Crippen molar-refractivity contribution in [2.75, 3.05) is 13.6 Å². The van der Waals surface area contributed by atoms with Crippen LogP contribution in [0.1, 0.15) is 42.0 Å². The Bertz CT molecular complexity index is 988. The van der Waals surface area contributed by atoms with Gasteiger partial charge < -0.3 is 9.47 Å². The molecule has 0 atom stereocenters. The number of pyridine rings is 1. The van der Waals surface area contributed by atoms with Crippen molar-refractivity contribution in [3.63, 3.8) is 0 Å². The minimum atomic E-state index is 0.0436. The Kier molecular flexibility index (Phi) is 5.13. The lowest BCUT2D eigenvalue weighted by Crippen LogP contribution is -2.32. The Morgan fingerprint density at radius 3 is 2.82 bits per heavy atom. The van der Waals surface area contributed by atoms with Crippen LogP contribution in [-0.4, -0.2) is 49.9 Å². The lowest BCUT2D eigenvalue weighted by Gasteiger charge is -2.23. The largest absolute Gasteiger partial charge is 0.333 e. The fourth-order valence-corrected chi connectivity index (χ4v) is 3.69. The second kappa shape index (κ2) is 7.72. The third-order valence-corrected chi connectivity index (χ3v) is 5.63. The first-order valence-electron chi connectivity index (χ1n) is 9.90. The van der Waals surface area contributed by atoms with Gasteiger partial charge in [0.15, 0.2) is 0 Å². The van der Waals surface area contributed by atoms with Crippen LogP contribution >= 0.6 is 0 Å². The van der Waals surface area contributed by atoms with E-state index >= 15 is 0 Å². The molecule has 4 rings (SSSR count). The Labute approximate surface area is 165 Å². The van der Waals surface area contributed by atoms with E-state index in [0.717, 1.165) is 48.3 Å². The van der Waals surface area contributed by atoms with Crippen molar-refractivity contribution in [3.05, 3.63) is 59.8 Å². The summed E-state index contributed by atoms with van der Waals surface area (Å²) in [4.78, 5) is 26.7.